The molecule has 1 N–H and O–H groups in total. The average Bonchev–Trinajstić information content (AvgIpc) is 2.24. The quantitative estimate of drug-likeness (QED) is 0.195. The van der Waals surface area contributed by atoms with Crippen molar-refractivity contribution in [1.29, 1.82) is 0 Å². The normalized spacial score (nSPS) is 10.2. The van der Waals surface area contributed by atoms with Crippen LogP contribution in [-0.4, -0.2) is 29.2 Å². The van der Waals surface area contributed by atoms with Crippen molar-refractivity contribution < 1.29 is 81.7 Å². The fourth-order valence-corrected chi connectivity index (χ4v) is 1.73. The largest absolute Gasteiger partial charge is 1.00 e. The summed E-state index contributed by atoms with van der Waals surface area (Å²) in [5.41, 5.74) is 0. The summed E-state index contributed by atoms with van der Waals surface area (Å²) in [6, 6.07) is 0. The Kier molecular flexibility index (Phi) is 31.9. The maximum atomic E-state index is 8.59. The van der Waals surface area contributed by atoms with Gasteiger partial charge in [0, 0.05) is 17.0 Å². The molecule has 5 nitrogen and oxygen atoms in total. The van der Waals surface area contributed by atoms with Gasteiger partial charge in [-0.3, -0.25) is 8.42 Å². The fourth-order valence-electron chi connectivity index (χ4n) is 1.73. The van der Waals surface area contributed by atoms with Gasteiger partial charge in [-0.05, 0) is 12.3 Å². The van der Waals surface area contributed by atoms with Gasteiger partial charge in [-0.15, -0.1) is 0 Å². The molecule has 0 atom stereocenters. The van der Waals surface area contributed by atoms with Crippen LogP contribution in [0.15, 0.2) is 0 Å². The molecule has 0 rings (SSSR count). The van der Waals surface area contributed by atoms with E-state index in [2.05, 4.69) is 13.8 Å². The molecule has 0 aromatic rings. The summed E-state index contributed by atoms with van der Waals surface area (Å²) < 4.78 is 34.1. The topological polar surface area (TPSA) is 100 Å². The van der Waals surface area contributed by atoms with Crippen molar-refractivity contribution in [3.63, 3.8) is 0 Å². The molecular formula is C13H28Na2O5S. The Morgan fingerprint density at radius 1 is 0.810 bits per heavy atom. The molecule has 0 aliphatic heterocycles. The van der Waals surface area contributed by atoms with Crippen molar-refractivity contribution in [2.75, 3.05) is 6.61 Å². The van der Waals surface area contributed by atoms with Crippen LogP contribution in [0.5, 0.6) is 0 Å². The van der Waals surface area contributed by atoms with Crippen LogP contribution in [-0.2, 0) is 10.4 Å². The first-order valence-electron chi connectivity index (χ1n) is 7.05. The molecule has 118 valence electrons. The number of rotatable bonds is 10. The first-order valence-corrected chi connectivity index (χ1v) is 8.38. The summed E-state index contributed by atoms with van der Waals surface area (Å²) in [4.78, 5) is 0. The van der Waals surface area contributed by atoms with Crippen LogP contribution in [0.3, 0.4) is 0 Å². The molecule has 21 heavy (non-hydrogen) atoms. The molecular weight excluding hydrogens is 314 g/mol. The monoisotopic (exact) mass is 342 g/mol. The van der Waals surface area contributed by atoms with E-state index in [1.54, 1.807) is 0 Å². The first kappa shape index (κ1) is 30.7. The van der Waals surface area contributed by atoms with E-state index in [0.717, 1.165) is 12.3 Å². The van der Waals surface area contributed by atoms with E-state index in [0.29, 0.717) is 6.61 Å². The Morgan fingerprint density at radius 3 is 1.38 bits per heavy atom. The first-order chi connectivity index (χ1) is 8.77. The summed E-state index contributed by atoms with van der Waals surface area (Å²) in [5.74, 6) is 0.875. The Morgan fingerprint density at radius 2 is 1.10 bits per heavy atom. The van der Waals surface area contributed by atoms with E-state index in [9.17, 15) is 0 Å². The maximum absolute atomic E-state index is 8.59. The van der Waals surface area contributed by atoms with Gasteiger partial charge in [0.25, 0.3) is 0 Å². The molecule has 0 saturated carbocycles. The van der Waals surface area contributed by atoms with E-state index in [4.69, 9.17) is 22.6 Å². The minimum Gasteiger partial charge on any atom is -0.759 e. The molecule has 0 aromatic carbocycles. The van der Waals surface area contributed by atoms with Crippen LogP contribution in [0.1, 0.15) is 71.6 Å². The van der Waals surface area contributed by atoms with Crippen LogP contribution >= 0.6 is 0 Å². The third-order valence-electron chi connectivity index (χ3n) is 2.69. The third kappa shape index (κ3) is 52.1. The Labute approximate surface area is 174 Å². The van der Waals surface area contributed by atoms with Gasteiger partial charge in [0.15, 0.2) is 0 Å². The fraction of sp³-hybridized carbons (Fsp3) is 1.00. The molecule has 0 unspecified atom stereocenters. The predicted octanol–water partition coefficient (Wildman–Crippen LogP) is -3.18. The Bertz CT molecular complexity index is 264. The molecule has 0 aliphatic rings. The third-order valence-corrected chi connectivity index (χ3v) is 2.69. The Hall–Kier alpha value is 1.83. The molecule has 8 heteroatoms. The van der Waals surface area contributed by atoms with E-state index >= 15 is 0 Å². The van der Waals surface area contributed by atoms with Crippen molar-refractivity contribution in [1.82, 2.24) is 0 Å². The van der Waals surface area contributed by atoms with Crippen LogP contribution in [0.4, 0.5) is 0 Å². The zero-order chi connectivity index (χ0) is 15.1. The molecule has 0 heterocycles. The van der Waals surface area contributed by atoms with Gasteiger partial charge in [-0.2, -0.15) is 0 Å². The van der Waals surface area contributed by atoms with Crippen LogP contribution in [0.25, 0.3) is 0 Å². The number of hydrogen-bond donors (Lipinski definition) is 1. The molecule has 0 aliphatic carbocycles. The number of aliphatic hydroxyl groups is 1. The number of hydrogen-bond acceptors (Lipinski definition) is 5. The van der Waals surface area contributed by atoms with E-state index < -0.39 is 10.4 Å². The van der Waals surface area contributed by atoms with E-state index in [1.807, 2.05) is 0 Å². The SMILES string of the molecule is CC(C)CCCCCCCCCCO.O=S(=O)([O-])[O-].[Na+].[Na+]. The van der Waals surface area contributed by atoms with Crippen molar-refractivity contribution in [2.24, 2.45) is 5.92 Å². The standard InChI is InChI=1S/C13H28O.2Na.H2O4S/c1-13(2)11-9-7-5-3-4-6-8-10-12-14;;;1-5(2,3)4/h13-14H,3-12H2,1-2H3;;;(H2,1,2,3,4)/q;2*+1;/p-2. The van der Waals surface area contributed by atoms with E-state index in [1.165, 1.54) is 51.4 Å². The molecule has 0 amide bonds. The van der Waals surface area contributed by atoms with Crippen molar-refractivity contribution >= 4 is 10.4 Å². The molecule has 0 spiro atoms. The molecule has 0 fully saturated rings. The summed E-state index contributed by atoms with van der Waals surface area (Å²) in [6.45, 7) is 4.97. The second-order valence-corrected chi connectivity index (χ2v) is 5.96. The van der Waals surface area contributed by atoms with Crippen LogP contribution in [0.2, 0.25) is 0 Å². The number of aliphatic hydroxyl groups excluding tert-OH is 1. The van der Waals surface area contributed by atoms with Crippen molar-refractivity contribution in [2.45, 2.75) is 71.6 Å². The van der Waals surface area contributed by atoms with Crippen molar-refractivity contribution in [3.05, 3.63) is 0 Å². The summed E-state index contributed by atoms with van der Waals surface area (Å²) in [7, 11) is -5.17. The zero-order valence-corrected chi connectivity index (χ0v) is 19.0. The average molecular weight is 342 g/mol. The van der Waals surface area contributed by atoms with Gasteiger partial charge >= 0.3 is 59.1 Å². The van der Waals surface area contributed by atoms with Gasteiger partial charge in [0.1, 0.15) is 0 Å². The number of unbranched alkanes of at least 4 members (excludes halogenated alkanes) is 7. The zero-order valence-electron chi connectivity index (χ0n) is 14.1. The van der Waals surface area contributed by atoms with Crippen LogP contribution in [0, 0.1) is 5.92 Å². The van der Waals surface area contributed by atoms with Gasteiger partial charge in [0.05, 0.1) is 0 Å². The second kappa shape index (κ2) is 21.8. The minimum absolute atomic E-state index is 0. The van der Waals surface area contributed by atoms with E-state index in [-0.39, 0.29) is 59.1 Å². The van der Waals surface area contributed by atoms with Crippen molar-refractivity contribution in [3.8, 4) is 0 Å². The molecule has 0 bridgehead atoms. The van der Waals surface area contributed by atoms with Gasteiger partial charge in [-0.25, -0.2) is 0 Å². The smallest absolute Gasteiger partial charge is 0.759 e. The van der Waals surface area contributed by atoms with Gasteiger partial charge in [0.2, 0.25) is 0 Å². The summed E-state index contributed by atoms with van der Waals surface area (Å²) in [5, 5.41) is 8.59. The summed E-state index contributed by atoms with van der Waals surface area (Å²) in [6.07, 6.45) is 11.9. The van der Waals surface area contributed by atoms with Gasteiger partial charge in [-0.1, -0.05) is 65.2 Å². The predicted molar refractivity (Wildman–Crippen MR) is 74.0 cm³/mol. The molecule has 0 aromatic heterocycles. The molecule has 0 saturated heterocycles. The second-order valence-electron chi connectivity index (χ2n) is 5.14. The Balaban J connectivity index is -0.000000179. The van der Waals surface area contributed by atoms with Crippen LogP contribution < -0.4 is 59.1 Å². The minimum atomic E-state index is -5.17. The molecule has 0 radical (unpaired) electrons. The maximum Gasteiger partial charge on any atom is 1.00 e. The van der Waals surface area contributed by atoms with Gasteiger partial charge < -0.3 is 14.2 Å². The summed E-state index contributed by atoms with van der Waals surface area (Å²) >= 11 is 0.